The van der Waals surface area contributed by atoms with Crippen LogP contribution in [0.5, 0.6) is 5.75 Å². The first-order valence-electron chi connectivity index (χ1n) is 8.35. The zero-order valence-electron chi connectivity index (χ0n) is 14.5. The van der Waals surface area contributed by atoms with Crippen molar-refractivity contribution in [1.29, 1.82) is 0 Å². The van der Waals surface area contributed by atoms with Gasteiger partial charge in [0.1, 0.15) is 5.75 Å². The number of carbonyl (C=O) groups is 2. The van der Waals surface area contributed by atoms with Crippen molar-refractivity contribution in [3.63, 3.8) is 0 Å². The third-order valence-electron chi connectivity index (χ3n) is 3.64. The molecule has 2 aromatic carbocycles. The van der Waals surface area contributed by atoms with Crippen LogP contribution >= 0.6 is 0 Å². The number of aliphatic hydroxyl groups excluding tert-OH is 1. The van der Waals surface area contributed by atoms with Crippen LogP contribution in [0.3, 0.4) is 0 Å². The van der Waals surface area contributed by atoms with Gasteiger partial charge in [0, 0.05) is 0 Å². The second kappa shape index (κ2) is 9.03. The number of hydrogen-bond donors (Lipinski definition) is 2. The van der Waals surface area contributed by atoms with Gasteiger partial charge in [-0.3, -0.25) is 4.79 Å². The van der Waals surface area contributed by atoms with Crippen molar-refractivity contribution < 1.29 is 24.2 Å². The highest BCUT2D eigenvalue weighted by Crippen LogP contribution is 2.28. The molecule has 0 aliphatic carbocycles. The number of ether oxygens (including phenoxy) is 2. The maximum atomic E-state index is 12.8. The van der Waals surface area contributed by atoms with Crippen molar-refractivity contribution in [2.24, 2.45) is 0 Å². The van der Waals surface area contributed by atoms with Gasteiger partial charge in [-0.15, -0.1) is 0 Å². The van der Waals surface area contributed by atoms with E-state index in [0.29, 0.717) is 29.7 Å². The Morgan fingerprint density at radius 3 is 2.60 bits per heavy atom. The molecule has 0 aliphatic heterocycles. The summed E-state index contributed by atoms with van der Waals surface area (Å²) in [7, 11) is 0. The van der Waals surface area contributed by atoms with E-state index >= 15 is 0 Å². The van der Waals surface area contributed by atoms with Gasteiger partial charge in [-0.2, -0.15) is 0 Å². The number of aliphatic hydroxyl groups is 1. The largest absolute Gasteiger partial charge is 0.493 e. The third kappa shape index (κ3) is 4.48. The van der Waals surface area contributed by atoms with Crippen LogP contribution < -0.4 is 10.1 Å². The molecule has 0 unspecified atom stereocenters. The zero-order valence-corrected chi connectivity index (χ0v) is 14.5. The van der Waals surface area contributed by atoms with Crippen molar-refractivity contribution in [1.82, 2.24) is 5.32 Å². The molecule has 0 saturated carbocycles. The molecule has 0 aliphatic rings. The Kier molecular flexibility index (Phi) is 6.77. The van der Waals surface area contributed by atoms with E-state index in [1.165, 1.54) is 0 Å². The number of amides is 1. The number of carbonyl (C=O) groups excluding carboxylic acids is 2. The predicted molar refractivity (Wildman–Crippen MR) is 94.7 cm³/mol. The molecule has 0 fully saturated rings. The minimum absolute atomic E-state index is 0.240. The summed E-state index contributed by atoms with van der Waals surface area (Å²) in [6.45, 7) is 3.80. The minimum Gasteiger partial charge on any atom is -0.493 e. The average Bonchev–Trinajstić information content (AvgIpc) is 2.63. The highest BCUT2D eigenvalue weighted by atomic mass is 16.5. The maximum absolute atomic E-state index is 12.8. The summed E-state index contributed by atoms with van der Waals surface area (Å²) in [5, 5.41) is 13.6. The summed E-state index contributed by atoms with van der Waals surface area (Å²) in [6, 6.07) is 9.89. The fraction of sp³-hybridized carbons (Fsp3) is 0.368. The average molecular weight is 345 g/mol. The molecule has 6 heteroatoms. The van der Waals surface area contributed by atoms with Crippen LogP contribution in [0.4, 0.5) is 0 Å². The molecule has 0 radical (unpaired) electrons. The zero-order chi connectivity index (χ0) is 18.2. The van der Waals surface area contributed by atoms with E-state index in [-0.39, 0.29) is 6.61 Å². The van der Waals surface area contributed by atoms with Crippen LogP contribution in [-0.4, -0.2) is 42.8 Å². The second-order valence-corrected chi connectivity index (χ2v) is 5.47. The van der Waals surface area contributed by atoms with Crippen LogP contribution in [0, 0.1) is 0 Å². The third-order valence-corrected chi connectivity index (χ3v) is 3.64. The summed E-state index contributed by atoms with van der Waals surface area (Å²) >= 11 is 0. The van der Waals surface area contributed by atoms with E-state index in [0.717, 1.165) is 5.39 Å². The Labute approximate surface area is 146 Å². The van der Waals surface area contributed by atoms with Crippen LogP contribution in [0.2, 0.25) is 0 Å². The molecule has 0 bridgehead atoms. The van der Waals surface area contributed by atoms with Gasteiger partial charge in [0.25, 0.3) is 5.91 Å². The lowest BCUT2D eigenvalue weighted by Crippen LogP contribution is -2.44. The van der Waals surface area contributed by atoms with E-state index in [4.69, 9.17) is 9.47 Å². The maximum Gasteiger partial charge on any atom is 0.331 e. The quantitative estimate of drug-likeness (QED) is 0.717. The van der Waals surface area contributed by atoms with E-state index in [9.17, 15) is 14.7 Å². The second-order valence-electron chi connectivity index (χ2n) is 5.47. The van der Waals surface area contributed by atoms with Crippen molar-refractivity contribution in [3.8, 4) is 5.75 Å². The Morgan fingerprint density at radius 2 is 1.92 bits per heavy atom. The molecule has 0 heterocycles. The first-order valence-corrected chi connectivity index (χ1v) is 8.35. The first-order chi connectivity index (χ1) is 12.1. The van der Waals surface area contributed by atoms with Crippen LogP contribution in [0.1, 0.15) is 30.6 Å². The molecule has 1 amide bonds. The molecular formula is C19H23NO5. The van der Waals surface area contributed by atoms with Gasteiger partial charge in [0.2, 0.25) is 0 Å². The summed E-state index contributed by atoms with van der Waals surface area (Å²) in [4.78, 5) is 24.7. The van der Waals surface area contributed by atoms with Gasteiger partial charge in [0.15, 0.2) is 6.04 Å². The highest BCUT2D eigenvalue weighted by molar-refractivity contribution is 6.10. The van der Waals surface area contributed by atoms with Gasteiger partial charge in [-0.05, 0) is 30.2 Å². The number of esters is 1. The lowest BCUT2D eigenvalue weighted by Gasteiger charge is -2.18. The van der Waals surface area contributed by atoms with Gasteiger partial charge in [-0.1, -0.05) is 37.3 Å². The Morgan fingerprint density at radius 1 is 1.16 bits per heavy atom. The molecule has 6 nitrogen and oxygen atoms in total. The van der Waals surface area contributed by atoms with E-state index < -0.39 is 24.5 Å². The standard InChI is InChI=1S/C19H23NO5/c1-3-11-25-19(23)15(12-21)20-18(22)17-14-8-6-5-7-13(14)9-10-16(17)24-4-2/h5-10,15,21H,3-4,11-12H2,1-2H3,(H,20,22)/t15-/m0/s1. The van der Waals surface area contributed by atoms with E-state index in [1.54, 1.807) is 6.07 Å². The summed E-state index contributed by atoms with van der Waals surface area (Å²) < 4.78 is 10.6. The molecule has 0 spiro atoms. The van der Waals surface area contributed by atoms with Crippen molar-refractivity contribution in [3.05, 3.63) is 42.0 Å². The van der Waals surface area contributed by atoms with Gasteiger partial charge < -0.3 is 19.9 Å². The van der Waals surface area contributed by atoms with Crippen LogP contribution in [-0.2, 0) is 9.53 Å². The normalized spacial score (nSPS) is 11.8. The Balaban J connectivity index is 2.33. The Bertz CT molecular complexity index is 744. The van der Waals surface area contributed by atoms with Gasteiger partial charge in [0.05, 0.1) is 25.4 Å². The smallest absolute Gasteiger partial charge is 0.331 e. The Hall–Kier alpha value is -2.60. The summed E-state index contributed by atoms with van der Waals surface area (Å²) in [6.07, 6.45) is 0.662. The highest BCUT2D eigenvalue weighted by Gasteiger charge is 2.25. The predicted octanol–water partition coefficient (Wildman–Crippen LogP) is 2.28. The number of nitrogens with one attached hydrogen (secondary N) is 1. The molecular weight excluding hydrogens is 322 g/mol. The number of hydrogen-bond acceptors (Lipinski definition) is 5. The lowest BCUT2D eigenvalue weighted by atomic mass is 10.0. The van der Waals surface area contributed by atoms with Gasteiger partial charge >= 0.3 is 5.97 Å². The topological polar surface area (TPSA) is 84.9 Å². The molecule has 134 valence electrons. The molecule has 0 saturated heterocycles. The first kappa shape index (κ1) is 18.7. The summed E-state index contributed by atoms with van der Waals surface area (Å²) in [5.74, 6) is -0.721. The van der Waals surface area contributed by atoms with E-state index in [2.05, 4.69) is 5.32 Å². The van der Waals surface area contributed by atoms with Crippen molar-refractivity contribution in [2.75, 3.05) is 19.8 Å². The van der Waals surface area contributed by atoms with E-state index in [1.807, 2.05) is 44.2 Å². The van der Waals surface area contributed by atoms with Gasteiger partial charge in [-0.25, -0.2) is 4.79 Å². The molecule has 2 rings (SSSR count). The number of benzene rings is 2. The van der Waals surface area contributed by atoms with Crippen molar-refractivity contribution >= 4 is 22.6 Å². The van der Waals surface area contributed by atoms with Crippen LogP contribution in [0.15, 0.2) is 36.4 Å². The summed E-state index contributed by atoms with van der Waals surface area (Å²) in [5.41, 5.74) is 0.335. The number of rotatable bonds is 8. The fourth-order valence-corrected chi connectivity index (χ4v) is 2.47. The molecule has 1 atom stereocenters. The molecule has 2 N–H and O–H groups in total. The SMILES string of the molecule is CCCOC(=O)[C@H](CO)NC(=O)c1c(OCC)ccc2ccccc12. The monoisotopic (exact) mass is 345 g/mol. The van der Waals surface area contributed by atoms with Crippen LogP contribution in [0.25, 0.3) is 10.8 Å². The molecule has 2 aromatic rings. The van der Waals surface area contributed by atoms with Crippen molar-refractivity contribution in [2.45, 2.75) is 26.3 Å². The number of fused-ring (bicyclic) bond motifs is 1. The molecule has 25 heavy (non-hydrogen) atoms. The molecule has 0 aromatic heterocycles. The fourth-order valence-electron chi connectivity index (χ4n) is 2.47. The minimum atomic E-state index is -1.12. The lowest BCUT2D eigenvalue weighted by molar-refractivity contribution is -0.146.